The minimum Gasteiger partial charge on any atom is -0.487 e. The number of fused-ring (bicyclic) bond motifs is 3. The first kappa shape index (κ1) is 11.9. The Morgan fingerprint density at radius 2 is 2.32 bits per heavy atom. The van der Waals surface area contributed by atoms with E-state index in [2.05, 4.69) is 4.98 Å². The molecule has 98 valence electrons. The summed E-state index contributed by atoms with van der Waals surface area (Å²) in [7, 11) is 0. The van der Waals surface area contributed by atoms with Gasteiger partial charge in [-0.3, -0.25) is 4.98 Å². The Morgan fingerprint density at radius 1 is 1.53 bits per heavy atom. The third-order valence-electron chi connectivity index (χ3n) is 3.41. The summed E-state index contributed by atoms with van der Waals surface area (Å²) < 4.78 is 5.70. The average Bonchev–Trinajstić information content (AvgIpc) is 2.83. The molecular weight excluding hydrogens is 246 g/mol. The van der Waals surface area contributed by atoms with Crippen LogP contribution in [-0.2, 0) is 6.42 Å². The number of aryl methyl sites for hydroxylation is 1. The smallest absolute Gasteiger partial charge is 0.335 e. The van der Waals surface area contributed by atoms with Crippen molar-refractivity contribution in [3.05, 3.63) is 35.0 Å². The van der Waals surface area contributed by atoms with Crippen molar-refractivity contribution < 1.29 is 19.7 Å². The number of carboxylic acid groups (broad SMARTS) is 1. The van der Waals surface area contributed by atoms with E-state index in [1.807, 2.05) is 6.92 Å². The number of hydrogen-bond donors (Lipinski definition) is 2. The average molecular weight is 259 g/mol. The van der Waals surface area contributed by atoms with Crippen LogP contribution in [0.1, 0.15) is 21.6 Å². The van der Waals surface area contributed by atoms with Crippen LogP contribution in [-0.4, -0.2) is 33.9 Å². The number of pyridine rings is 1. The molecule has 0 amide bonds. The fraction of sp³-hybridized carbons (Fsp3) is 0.286. The number of hydrogen-bond acceptors (Lipinski definition) is 4. The highest BCUT2D eigenvalue weighted by Gasteiger charge is 2.27. The van der Waals surface area contributed by atoms with Crippen LogP contribution in [0.4, 0.5) is 0 Å². The predicted molar refractivity (Wildman–Crippen MR) is 68.6 cm³/mol. The first-order valence-corrected chi connectivity index (χ1v) is 6.04. The standard InChI is InChI=1S/C14H13NO4/c1-7-10-5-9(6-16)19-13(10)11-4-8(14(17)18)2-3-12(11)15-7/h2-4,9,16H,5-6H2,1H3,(H,17,18). The van der Waals surface area contributed by atoms with Gasteiger partial charge in [-0.1, -0.05) is 0 Å². The molecular formula is C14H13NO4. The van der Waals surface area contributed by atoms with Crippen LogP contribution in [0.3, 0.4) is 0 Å². The first-order chi connectivity index (χ1) is 9.10. The second-order valence-electron chi connectivity index (χ2n) is 4.67. The number of aliphatic hydroxyl groups is 1. The van der Waals surface area contributed by atoms with Gasteiger partial charge in [0.05, 0.1) is 17.7 Å². The lowest BCUT2D eigenvalue weighted by Gasteiger charge is -2.09. The lowest BCUT2D eigenvalue weighted by molar-refractivity contribution is 0.0697. The van der Waals surface area contributed by atoms with Gasteiger partial charge < -0.3 is 14.9 Å². The lowest BCUT2D eigenvalue weighted by atomic mass is 10.0. The maximum Gasteiger partial charge on any atom is 0.335 e. The molecule has 1 atom stereocenters. The van der Waals surface area contributed by atoms with Crippen LogP contribution in [0.15, 0.2) is 18.2 Å². The van der Waals surface area contributed by atoms with Crippen LogP contribution in [0, 0.1) is 6.92 Å². The number of carbonyl (C=O) groups is 1. The van der Waals surface area contributed by atoms with Gasteiger partial charge in [0.2, 0.25) is 0 Å². The van der Waals surface area contributed by atoms with Crippen LogP contribution in [0.5, 0.6) is 5.75 Å². The number of aliphatic hydroxyl groups excluding tert-OH is 1. The molecule has 1 unspecified atom stereocenters. The van der Waals surface area contributed by atoms with Gasteiger partial charge in [0.15, 0.2) is 0 Å². The lowest BCUT2D eigenvalue weighted by Crippen LogP contribution is -2.17. The third-order valence-corrected chi connectivity index (χ3v) is 3.41. The second kappa shape index (κ2) is 4.20. The van der Waals surface area contributed by atoms with E-state index in [-0.39, 0.29) is 18.3 Å². The highest BCUT2D eigenvalue weighted by atomic mass is 16.5. The van der Waals surface area contributed by atoms with E-state index in [9.17, 15) is 9.90 Å². The fourth-order valence-corrected chi connectivity index (χ4v) is 2.44. The van der Waals surface area contributed by atoms with E-state index < -0.39 is 5.97 Å². The molecule has 0 saturated carbocycles. The molecule has 0 aliphatic carbocycles. The summed E-state index contributed by atoms with van der Waals surface area (Å²) in [6.07, 6.45) is 0.340. The molecule has 3 rings (SSSR count). The molecule has 2 N–H and O–H groups in total. The van der Waals surface area contributed by atoms with Gasteiger partial charge in [-0.15, -0.1) is 0 Å². The normalized spacial score (nSPS) is 17.3. The summed E-state index contributed by atoms with van der Waals surface area (Å²) >= 11 is 0. The van der Waals surface area contributed by atoms with Gasteiger partial charge in [0, 0.05) is 23.1 Å². The second-order valence-corrected chi connectivity index (χ2v) is 4.67. The number of aromatic nitrogens is 1. The molecule has 0 fully saturated rings. The molecule has 0 bridgehead atoms. The zero-order valence-electron chi connectivity index (χ0n) is 10.4. The van der Waals surface area contributed by atoms with E-state index in [0.717, 1.165) is 11.3 Å². The fourth-order valence-electron chi connectivity index (χ4n) is 2.44. The minimum atomic E-state index is -0.979. The number of nitrogens with zero attached hydrogens (tertiary/aromatic N) is 1. The summed E-state index contributed by atoms with van der Waals surface area (Å²) in [6.45, 7) is 1.83. The zero-order chi connectivity index (χ0) is 13.6. The summed E-state index contributed by atoms with van der Waals surface area (Å²) in [5.74, 6) is -0.322. The Labute approximate surface area is 109 Å². The van der Waals surface area contributed by atoms with Gasteiger partial charge in [-0.2, -0.15) is 0 Å². The van der Waals surface area contributed by atoms with Crippen molar-refractivity contribution in [2.24, 2.45) is 0 Å². The SMILES string of the molecule is Cc1nc2ccc(C(=O)O)cc2c2c1CC(CO)O2. The first-order valence-electron chi connectivity index (χ1n) is 6.04. The Morgan fingerprint density at radius 3 is 3.00 bits per heavy atom. The Kier molecular flexibility index (Phi) is 2.64. The molecule has 1 aromatic heterocycles. The highest BCUT2D eigenvalue weighted by Crippen LogP contribution is 2.37. The topological polar surface area (TPSA) is 79.7 Å². The summed E-state index contributed by atoms with van der Waals surface area (Å²) in [5.41, 5.74) is 2.73. The Hall–Kier alpha value is -2.14. The van der Waals surface area contributed by atoms with Crippen LogP contribution in [0.2, 0.25) is 0 Å². The Balaban J connectivity index is 2.25. The summed E-state index contributed by atoms with van der Waals surface area (Å²) in [5, 5.41) is 18.9. The van der Waals surface area contributed by atoms with Crippen molar-refractivity contribution in [1.82, 2.24) is 4.98 Å². The number of ether oxygens (including phenoxy) is 1. The van der Waals surface area contributed by atoms with Gasteiger partial charge >= 0.3 is 5.97 Å². The van der Waals surface area contributed by atoms with E-state index in [4.69, 9.17) is 9.84 Å². The molecule has 0 radical (unpaired) electrons. The molecule has 1 aliphatic rings. The maximum atomic E-state index is 11.0. The van der Waals surface area contributed by atoms with E-state index in [1.54, 1.807) is 12.1 Å². The van der Waals surface area contributed by atoms with Crippen LogP contribution >= 0.6 is 0 Å². The number of rotatable bonds is 2. The predicted octanol–water partition coefficient (Wildman–Crippen LogP) is 1.54. The zero-order valence-corrected chi connectivity index (χ0v) is 10.4. The molecule has 5 heteroatoms. The molecule has 5 nitrogen and oxygen atoms in total. The monoisotopic (exact) mass is 259 g/mol. The maximum absolute atomic E-state index is 11.0. The molecule has 0 spiro atoms. The summed E-state index contributed by atoms with van der Waals surface area (Å²) in [6, 6.07) is 4.78. The number of carboxylic acids is 1. The third kappa shape index (κ3) is 1.82. The number of benzene rings is 1. The van der Waals surface area contributed by atoms with Crippen LogP contribution in [0.25, 0.3) is 10.9 Å². The quantitative estimate of drug-likeness (QED) is 0.855. The van der Waals surface area contributed by atoms with E-state index >= 15 is 0 Å². The number of aromatic carboxylic acids is 1. The van der Waals surface area contributed by atoms with Gasteiger partial charge in [0.25, 0.3) is 0 Å². The summed E-state index contributed by atoms with van der Waals surface area (Å²) in [4.78, 5) is 15.5. The Bertz CT molecular complexity index is 681. The van der Waals surface area contributed by atoms with Gasteiger partial charge in [-0.25, -0.2) is 4.79 Å². The van der Waals surface area contributed by atoms with Gasteiger partial charge in [0.1, 0.15) is 11.9 Å². The molecule has 1 aliphatic heterocycles. The van der Waals surface area contributed by atoms with Crippen LogP contribution < -0.4 is 4.74 Å². The largest absolute Gasteiger partial charge is 0.487 e. The minimum absolute atomic E-state index is 0.0613. The van der Waals surface area contributed by atoms with Crippen molar-refractivity contribution in [2.75, 3.05) is 6.61 Å². The van der Waals surface area contributed by atoms with E-state index in [0.29, 0.717) is 23.1 Å². The molecule has 19 heavy (non-hydrogen) atoms. The van der Waals surface area contributed by atoms with Crippen molar-refractivity contribution >= 4 is 16.9 Å². The van der Waals surface area contributed by atoms with Gasteiger partial charge in [-0.05, 0) is 25.1 Å². The van der Waals surface area contributed by atoms with Crippen molar-refractivity contribution in [3.63, 3.8) is 0 Å². The van der Waals surface area contributed by atoms with Crippen molar-refractivity contribution in [3.8, 4) is 5.75 Å². The molecule has 1 aromatic carbocycles. The molecule has 0 saturated heterocycles. The van der Waals surface area contributed by atoms with E-state index in [1.165, 1.54) is 6.07 Å². The molecule has 2 aromatic rings. The molecule has 2 heterocycles. The van der Waals surface area contributed by atoms with Crippen molar-refractivity contribution in [1.29, 1.82) is 0 Å². The van der Waals surface area contributed by atoms with Crippen molar-refractivity contribution in [2.45, 2.75) is 19.4 Å². The highest BCUT2D eigenvalue weighted by molar-refractivity contribution is 5.96.